The van der Waals surface area contributed by atoms with Crippen LogP contribution in [0.3, 0.4) is 0 Å². The first-order chi connectivity index (χ1) is 10.5. The van der Waals surface area contributed by atoms with E-state index < -0.39 is 0 Å². The van der Waals surface area contributed by atoms with E-state index in [1.54, 1.807) is 6.20 Å². The summed E-state index contributed by atoms with van der Waals surface area (Å²) in [7, 11) is 7.79. The number of aromatic nitrogens is 2. The predicted molar refractivity (Wildman–Crippen MR) is 83.3 cm³/mol. The summed E-state index contributed by atoms with van der Waals surface area (Å²) >= 11 is 0. The highest BCUT2D eigenvalue weighted by molar-refractivity contribution is 5.78. The molecule has 0 saturated carbocycles. The highest BCUT2D eigenvalue weighted by Crippen LogP contribution is 2.19. The Morgan fingerprint density at radius 1 is 1.36 bits per heavy atom. The standard InChI is InChI=1S/C15H25N5O2/c1-18(2)9-12-5-6-16-15(17-12)13-10-20(7-8-22-13)14(21)11-19(3)4/h5-6,13H,7-11H2,1-4H3. The van der Waals surface area contributed by atoms with Crippen molar-refractivity contribution >= 4 is 5.91 Å². The molecule has 1 aliphatic heterocycles. The van der Waals surface area contributed by atoms with E-state index in [-0.39, 0.29) is 12.0 Å². The molecule has 22 heavy (non-hydrogen) atoms. The van der Waals surface area contributed by atoms with Crippen LogP contribution < -0.4 is 0 Å². The number of hydrogen-bond acceptors (Lipinski definition) is 6. The van der Waals surface area contributed by atoms with E-state index in [1.165, 1.54) is 0 Å². The molecule has 1 fully saturated rings. The van der Waals surface area contributed by atoms with E-state index >= 15 is 0 Å². The van der Waals surface area contributed by atoms with Crippen molar-refractivity contribution in [2.45, 2.75) is 12.6 Å². The van der Waals surface area contributed by atoms with Gasteiger partial charge in [-0.3, -0.25) is 4.79 Å². The number of nitrogens with zero attached hydrogens (tertiary/aromatic N) is 5. The minimum Gasteiger partial charge on any atom is -0.367 e. The molecule has 7 heteroatoms. The van der Waals surface area contributed by atoms with Crippen molar-refractivity contribution in [3.05, 3.63) is 23.8 Å². The van der Waals surface area contributed by atoms with Gasteiger partial charge in [0, 0.05) is 19.3 Å². The van der Waals surface area contributed by atoms with Crippen LogP contribution in [0.5, 0.6) is 0 Å². The van der Waals surface area contributed by atoms with E-state index in [2.05, 4.69) is 14.9 Å². The van der Waals surface area contributed by atoms with E-state index in [1.807, 2.05) is 44.1 Å². The molecule has 1 unspecified atom stereocenters. The number of morpholine rings is 1. The maximum Gasteiger partial charge on any atom is 0.236 e. The molecule has 1 aliphatic rings. The van der Waals surface area contributed by atoms with Crippen LogP contribution >= 0.6 is 0 Å². The summed E-state index contributed by atoms with van der Waals surface area (Å²) in [6.07, 6.45) is 1.51. The summed E-state index contributed by atoms with van der Waals surface area (Å²) in [5, 5.41) is 0. The van der Waals surface area contributed by atoms with Crippen molar-refractivity contribution in [1.29, 1.82) is 0 Å². The van der Waals surface area contributed by atoms with Gasteiger partial charge in [-0.1, -0.05) is 0 Å². The second-order valence-corrected chi connectivity index (χ2v) is 6.08. The summed E-state index contributed by atoms with van der Waals surface area (Å²) in [5.74, 6) is 0.768. The number of rotatable bonds is 5. The molecule has 0 spiro atoms. The number of carbonyl (C=O) groups is 1. The number of ether oxygens (including phenoxy) is 1. The van der Waals surface area contributed by atoms with Crippen molar-refractivity contribution < 1.29 is 9.53 Å². The average molecular weight is 307 g/mol. The third-order valence-electron chi connectivity index (χ3n) is 3.37. The minimum atomic E-state index is -0.248. The zero-order valence-corrected chi connectivity index (χ0v) is 13.8. The normalized spacial score (nSPS) is 19.0. The molecular formula is C15H25N5O2. The van der Waals surface area contributed by atoms with Crippen LogP contribution in [0.25, 0.3) is 0 Å². The van der Waals surface area contributed by atoms with Gasteiger partial charge in [0.25, 0.3) is 0 Å². The van der Waals surface area contributed by atoms with Gasteiger partial charge in [-0.25, -0.2) is 9.97 Å². The van der Waals surface area contributed by atoms with Gasteiger partial charge < -0.3 is 19.4 Å². The monoisotopic (exact) mass is 307 g/mol. The van der Waals surface area contributed by atoms with Crippen LogP contribution in [0.4, 0.5) is 0 Å². The largest absolute Gasteiger partial charge is 0.367 e. The summed E-state index contributed by atoms with van der Waals surface area (Å²) < 4.78 is 5.76. The van der Waals surface area contributed by atoms with Gasteiger partial charge >= 0.3 is 0 Å². The molecule has 1 aromatic rings. The quantitative estimate of drug-likeness (QED) is 0.763. The summed E-state index contributed by atoms with van der Waals surface area (Å²) in [5.41, 5.74) is 0.954. The van der Waals surface area contributed by atoms with Crippen molar-refractivity contribution in [2.24, 2.45) is 0 Å². The van der Waals surface area contributed by atoms with Crippen LogP contribution in [0.2, 0.25) is 0 Å². The Bertz CT molecular complexity index is 506. The molecule has 7 nitrogen and oxygen atoms in total. The van der Waals surface area contributed by atoms with E-state index in [4.69, 9.17) is 4.74 Å². The highest BCUT2D eigenvalue weighted by atomic mass is 16.5. The molecule has 0 radical (unpaired) electrons. The molecule has 0 aliphatic carbocycles. The summed E-state index contributed by atoms with van der Waals surface area (Å²) in [6, 6.07) is 1.90. The first-order valence-electron chi connectivity index (χ1n) is 7.46. The Balaban J connectivity index is 2.04. The van der Waals surface area contributed by atoms with Crippen LogP contribution in [-0.4, -0.2) is 85.0 Å². The molecular weight excluding hydrogens is 282 g/mol. The predicted octanol–water partition coefficient (Wildman–Crippen LogP) is -0.000300. The number of carbonyl (C=O) groups excluding carboxylic acids is 1. The molecule has 1 aromatic heterocycles. The van der Waals surface area contributed by atoms with Gasteiger partial charge in [-0.2, -0.15) is 0 Å². The Morgan fingerprint density at radius 2 is 2.14 bits per heavy atom. The van der Waals surface area contributed by atoms with E-state index in [0.717, 1.165) is 12.2 Å². The second kappa shape index (κ2) is 7.62. The number of hydrogen-bond donors (Lipinski definition) is 0. The Kier molecular flexibility index (Phi) is 5.82. The molecule has 2 rings (SSSR count). The average Bonchev–Trinajstić information content (AvgIpc) is 2.46. The Labute approximate surface area is 131 Å². The topological polar surface area (TPSA) is 61.8 Å². The molecule has 122 valence electrons. The zero-order chi connectivity index (χ0) is 16.1. The Hall–Kier alpha value is -1.57. The van der Waals surface area contributed by atoms with Gasteiger partial charge in [0.2, 0.25) is 5.91 Å². The third-order valence-corrected chi connectivity index (χ3v) is 3.37. The highest BCUT2D eigenvalue weighted by Gasteiger charge is 2.27. The van der Waals surface area contributed by atoms with Crippen molar-refractivity contribution in [3.63, 3.8) is 0 Å². The molecule has 2 heterocycles. The molecule has 0 bridgehead atoms. The first-order valence-corrected chi connectivity index (χ1v) is 7.46. The lowest BCUT2D eigenvalue weighted by atomic mass is 10.2. The fourth-order valence-electron chi connectivity index (χ4n) is 2.38. The minimum absolute atomic E-state index is 0.114. The smallest absolute Gasteiger partial charge is 0.236 e. The van der Waals surface area contributed by atoms with Crippen LogP contribution in [0, 0.1) is 0 Å². The second-order valence-electron chi connectivity index (χ2n) is 6.08. The fourth-order valence-corrected chi connectivity index (χ4v) is 2.38. The van der Waals surface area contributed by atoms with Crippen molar-refractivity contribution in [2.75, 3.05) is 54.4 Å². The van der Waals surface area contributed by atoms with Crippen LogP contribution in [0.1, 0.15) is 17.6 Å². The van der Waals surface area contributed by atoms with Gasteiger partial charge in [-0.15, -0.1) is 0 Å². The van der Waals surface area contributed by atoms with Crippen LogP contribution in [-0.2, 0) is 16.1 Å². The Morgan fingerprint density at radius 3 is 2.82 bits per heavy atom. The van der Waals surface area contributed by atoms with Crippen molar-refractivity contribution in [1.82, 2.24) is 24.7 Å². The van der Waals surface area contributed by atoms with Crippen molar-refractivity contribution in [3.8, 4) is 0 Å². The van der Waals surface area contributed by atoms with Gasteiger partial charge in [0.05, 0.1) is 25.4 Å². The molecule has 1 amide bonds. The molecule has 1 saturated heterocycles. The zero-order valence-electron chi connectivity index (χ0n) is 13.8. The molecule has 0 aromatic carbocycles. The lowest BCUT2D eigenvalue weighted by Gasteiger charge is -2.33. The maximum absolute atomic E-state index is 12.2. The van der Waals surface area contributed by atoms with Crippen LogP contribution in [0.15, 0.2) is 12.3 Å². The lowest BCUT2D eigenvalue weighted by Crippen LogP contribution is -2.45. The summed E-state index contributed by atoms with van der Waals surface area (Å²) in [6.45, 7) is 2.82. The lowest BCUT2D eigenvalue weighted by molar-refractivity contribution is -0.139. The summed E-state index contributed by atoms with van der Waals surface area (Å²) in [4.78, 5) is 26.8. The number of amides is 1. The van der Waals surface area contributed by atoms with E-state index in [9.17, 15) is 4.79 Å². The molecule has 1 atom stereocenters. The van der Waals surface area contributed by atoms with Gasteiger partial charge in [0.1, 0.15) is 6.10 Å². The maximum atomic E-state index is 12.2. The SMILES string of the molecule is CN(C)CC(=O)N1CCOC(c2nccc(CN(C)C)n2)C1. The number of likely N-dealkylation sites (N-methyl/N-ethyl adjacent to an activating group) is 1. The van der Waals surface area contributed by atoms with Gasteiger partial charge in [-0.05, 0) is 34.3 Å². The van der Waals surface area contributed by atoms with E-state index in [0.29, 0.717) is 32.1 Å². The third kappa shape index (κ3) is 4.72. The fraction of sp³-hybridized carbons (Fsp3) is 0.667. The molecule has 0 N–H and O–H groups in total. The van der Waals surface area contributed by atoms with Gasteiger partial charge in [0.15, 0.2) is 5.82 Å². The first kappa shape index (κ1) is 16.8.